The van der Waals surface area contributed by atoms with Crippen molar-refractivity contribution in [2.75, 3.05) is 26.7 Å². The Morgan fingerprint density at radius 1 is 1.50 bits per heavy atom. The van der Waals surface area contributed by atoms with Gasteiger partial charge in [-0.1, -0.05) is 6.07 Å². The number of carbonyl (C=O) groups excluding carboxylic acids is 2. The molecule has 0 bridgehead atoms. The highest BCUT2D eigenvalue weighted by Gasteiger charge is 2.19. The average Bonchev–Trinajstić information content (AvgIpc) is 2.85. The summed E-state index contributed by atoms with van der Waals surface area (Å²) in [4.78, 5) is 30.9. The number of carbonyl (C=O) groups is 2. The molecule has 1 fully saturated rings. The molecule has 1 aromatic heterocycles. The zero-order valence-electron chi connectivity index (χ0n) is 11.7. The van der Waals surface area contributed by atoms with Crippen molar-refractivity contribution in [3.63, 3.8) is 0 Å². The standard InChI is InChI=1S/C14H20N4O2/c1-17(11-12-5-2-3-7-15-12)14(20)16-8-10-18-9-4-6-13(18)19/h2-3,5,7H,4,6,8-11H2,1H3,(H,16,20). The Hall–Kier alpha value is -2.11. The third-order valence-corrected chi connectivity index (χ3v) is 3.30. The van der Waals surface area contributed by atoms with Crippen LogP contribution < -0.4 is 5.32 Å². The lowest BCUT2D eigenvalue weighted by molar-refractivity contribution is -0.127. The lowest BCUT2D eigenvalue weighted by atomic mass is 10.3. The predicted molar refractivity (Wildman–Crippen MR) is 74.9 cm³/mol. The third-order valence-electron chi connectivity index (χ3n) is 3.30. The minimum atomic E-state index is -0.151. The second-order valence-electron chi connectivity index (χ2n) is 4.89. The van der Waals surface area contributed by atoms with Gasteiger partial charge < -0.3 is 15.1 Å². The first-order valence-corrected chi connectivity index (χ1v) is 6.83. The van der Waals surface area contributed by atoms with Crippen molar-refractivity contribution in [2.45, 2.75) is 19.4 Å². The van der Waals surface area contributed by atoms with Gasteiger partial charge in [0, 0.05) is 39.3 Å². The smallest absolute Gasteiger partial charge is 0.317 e. The number of nitrogens with one attached hydrogen (secondary N) is 1. The molecule has 0 radical (unpaired) electrons. The van der Waals surface area contributed by atoms with Gasteiger partial charge in [-0.05, 0) is 18.6 Å². The first-order valence-electron chi connectivity index (χ1n) is 6.83. The average molecular weight is 276 g/mol. The van der Waals surface area contributed by atoms with Crippen molar-refractivity contribution in [1.82, 2.24) is 20.1 Å². The number of pyridine rings is 1. The van der Waals surface area contributed by atoms with Crippen LogP contribution in [0.1, 0.15) is 18.5 Å². The van der Waals surface area contributed by atoms with Crippen LogP contribution in [-0.2, 0) is 11.3 Å². The van der Waals surface area contributed by atoms with E-state index in [-0.39, 0.29) is 11.9 Å². The maximum absolute atomic E-state index is 11.9. The van der Waals surface area contributed by atoms with Gasteiger partial charge >= 0.3 is 6.03 Å². The SMILES string of the molecule is CN(Cc1ccccn1)C(=O)NCCN1CCCC1=O. The predicted octanol–water partition coefficient (Wildman–Crippen LogP) is 0.845. The highest BCUT2D eigenvalue weighted by Crippen LogP contribution is 2.08. The molecule has 3 amide bonds. The summed E-state index contributed by atoms with van der Waals surface area (Å²) in [6.45, 7) is 2.34. The Balaban J connectivity index is 1.70. The largest absolute Gasteiger partial charge is 0.341 e. The van der Waals surface area contributed by atoms with Gasteiger partial charge in [-0.25, -0.2) is 4.79 Å². The first kappa shape index (κ1) is 14.3. The van der Waals surface area contributed by atoms with E-state index >= 15 is 0 Å². The van der Waals surface area contributed by atoms with E-state index in [0.29, 0.717) is 26.1 Å². The molecule has 1 aliphatic heterocycles. The number of amides is 3. The van der Waals surface area contributed by atoms with Gasteiger partial charge in [-0.2, -0.15) is 0 Å². The fraction of sp³-hybridized carbons (Fsp3) is 0.500. The Morgan fingerprint density at radius 2 is 2.35 bits per heavy atom. The van der Waals surface area contributed by atoms with Crippen LogP contribution in [0.15, 0.2) is 24.4 Å². The highest BCUT2D eigenvalue weighted by atomic mass is 16.2. The molecule has 0 unspecified atom stereocenters. The normalized spacial score (nSPS) is 14.4. The van der Waals surface area contributed by atoms with Crippen molar-refractivity contribution in [3.05, 3.63) is 30.1 Å². The Labute approximate surface area is 118 Å². The molecule has 0 saturated carbocycles. The van der Waals surface area contributed by atoms with Gasteiger partial charge in [-0.15, -0.1) is 0 Å². The summed E-state index contributed by atoms with van der Waals surface area (Å²) in [7, 11) is 1.73. The number of likely N-dealkylation sites (tertiary alicyclic amines) is 1. The molecule has 1 aromatic rings. The topological polar surface area (TPSA) is 65.5 Å². The zero-order valence-corrected chi connectivity index (χ0v) is 11.7. The molecule has 0 atom stereocenters. The second kappa shape index (κ2) is 6.88. The van der Waals surface area contributed by atoms with Crippen LogP contribution in [0.3, 0.4) is 0 Å². The van der Waals surface area contributed by atoms with Gasteiger partial charge in [0.2, 0.25) is 5.91 Å². The minimum Gasteiger partial charge on any atom is -0.341 e. The summed E-state index contributed by atoms with van der Waals surface area (Å²) < 4.78 is 0. The Morgan fingerprint density at radius 3 is 3.00 bits per heavy atom. The molecule has 1 aliphatic rings. The molecule has 6 nitrogen and oxygen atoms in total. The van der Waals surface area contributed by atoms with Crippen molar-refractivity contribution >= 4 is 11.9 Å². The summed E-state index contributed by atoms with van der Waals surface area (Å²) in [5.74, 6) is 0.182. The molecule has 0 spiro atoms. The van der Waals surface area contributed by atoms with E-state index in [1.165, 1.54) is 0 Å². The van der Waals surface area contributed by atoms with Crippen molar-refractivity contribution in [1.29, 1.82) is 0 Å². The molecule has 6 heteroatoms. The molecule has 20 heavy (non-hydrogen) atoms. The van der Waals surface area contributed by atoms with E-state index < -0.39 is 0 Å². The van der Waals surface area contributed by atoms with Crippen LogP contribution in [0.2, 0.25) is 0 Å². The van der Waals surface area contributed by atoms with Crippen LogP contribution in [-0.4, -0.2) is 53.4 Å². The Bertz CT molecular complexity index is 464. The summed E-state index contributed by atoms with van der Waals surface area (Å²) in [6.07, 6.45) is 3.26. The fourth-order valence-corrected chi connectivity index (χ4v) is 2.18. The van der Waals surface area contributed by atoms with Gasteiger partial charge in [0.05, 0.1) is 12.2 Å². The van der Waals surface area contributed by atoms with Crippen LogP contribution in [0.5, 0.6) is 0 Å². The van der Waals surface area contributed by atoms with Crippen LogP contribution in [0.4, 0.5) is 4.79 Å². The van der Waals surface area contributed by atoms with E-state index in [9.17, 15) is 9.59 Å². The van der Waals surface area contributed by atoms with Crippen LogP contribution >= 0.6 is 0 Å². The number of urea groups is 1. The summed E-state index contributed by atoms with van der Waals surface area (Å²) in [6, 6.07) is 5.47. The molecule has 108 valence electrons. The molecule has 1 saturated heterocycles. The van der Waals surface area contributed by atoms with E-state index in [4.69, 9.17) is 0 Å². The number of rotatable bonds is 5. The summed E-state index contributed by atoms with van der Waals surface area (Å²) in [5.41, 5.74) is 0.847. The number of nitrogens with zero attached hydrogens (tertiary/aromatic N) is 3. The number of hydrogen-bond acceptors (Lipinski definition) is 3. The van der Waals surface area contributed by atoms with Crippen LogP contribution in [0, 0.1) is 0 Å². The van der Waals surface area contributed by atoms with Crippen molar-refractivity contribution < 1.29 is 9.59 Å². The minimum absolute atomic E-state index is 0.151. The quantitative estimate of drug-likeness (QED) is 0.867. The van der Waals surface area contributed by atoms with E-state index in [1.807, 2.05) is 18.2 Å². The monoisotopic (exact) mass is 276 g/mol. The molecule has 2 rings (SSSR count). The van der Waals surface area contributed by atoms with Crippen molar-refractivity contribution in [3.8, 4) is 0 Å². The molecule has 0 aliphatic carbocycles. The molecule has 1 N–H and O–H groups in total. The molecular weight excluding hydrogens is 256 g/mol. The number of hydrogen-bond donors (Lipinski definition) is 1. The zero-order chi connectivity index (χ0) is 14.4. The number of aromatic nitrogens is 1. The van der Waals surface area contributed by atoms with E-state index in [1.54, 1.807) is 23.0 Å². The lowest BCUT2D eigenvalue weighted by Crippen LogP contribution is -2.41. The fourth-order valence-electron chi connectivity index (χ4n) is 2.18. The van der Waals surface area contributed by atoms with Gasteiger partial charge in [0.15, 0.2) is 0 Å². The summed E-state index contributed by atoms with van der Waals surface area (Å²) >= 11 is 0. The van der Waals surface area contributed by atoms with Gasteiger partial charge in [-0.3, -0.25) is 9.78 Å². The maximum atomic E-state index is 11.9. The molecule has 2 heterocycles. The van der Waals surface area contributed by atoms with Crippen LogP contribution in [0.25, 0.3) is 0 Å². The lowest BCUT2D eigenvalue weighted by Gasteiger charge is -2.20. The van der Waals surface area contributed by atoms with E-state index in [2.05, 4.69) is 10.3 Å². The first-order chi connectivity index (χ1) is 9.66. The van der Waals surface area contributed by atoms with Gasteiger partial charge in [0.25, 0.3) is 0 Å². The second-order valence-corrected chi connectivity index (χ2v) is 4.89. The molecular formula is C14H20N4O2. The highest BCUT2D eigenvalue weighted by molar-refractivity contribution is 5.78. The van der Waals surface area contributed by atoms with Crippen molar-refractivity contribution in [2.24, 2.45) is 0 Å². The third kappa shape index (κ3) is 3.94. The van der Waals surface area contributed by atoms with Gasteiger partial charge in [0.1, 0.15) is 0 Å². The maximum Gasteiger partial charge on any atom is 0.317 e. The molecule has 0 aromatic carbocycles. The summed E-state index contributed by atoms with van der Waals surface area (Å²) in [5, 5.41) is 2.82. The van der Waals surface area contributed by atoms with E-state index in [0.717, 1.165) is 18.7 Å². The Kier molecular flexibility index (Phi) is 4.92.